The van der Waals surface area contributed by atoms with E-state index < -0.39 is 0 Å². The SMILES string of the molecule is CCOC1CC(CC(=O)NC(CCO)COC)C1. The van der Waals surface area contributed by atoms with Gasteiger partial charge in [0.1, 0.15) is 0 Å². The minimum absolute atomic E-state index is 0.0467. The Balaban J connectivity index is 2.16. The smallest absolute Gasteiger partial charge is 0.220 e. The van der Waals surface area contributed by atoms with Crippen molar-refractivity contribution < 1.29 is 19.4 Å². The van der Waals surface area contributed by atoms with E-state index in [9.17, 15) is 4.79 Å². The van der Waals surface area contributed by atoms with E-state index in [-0.39, 0.29) is 18.6 Å². The van der Waals surface area contributed by atoms with Gasteiger partial charge in [0.25, 0.3) is 0 Å². The molecule has 5 nitrogen and oxygen atoms in total. The first-order valence-electron chi connectivity index (χ1n) is 6.70. The highest BCUT2D eigenvalue weighted by Crippen LogP contribution is 2.32. The van der Waals surface area contributed by atoms with Crippen LogP contribution in [0.3, 0.4) is 0 Å². The van der Waals surface area contributed by atoms with Crippen molar-refractivity contribution in [2.75, 3.05) is 26.9 Å². The quantitative estimate of drug-likeness (QED) is 0.640. The van der Waals surface area contributed by atoms with E-state index in [1.54, 1.807) is 7.11 Å². The van der Waals surface area contributed by atoms with Crippen LogP contribution in [0.15, 0.2) is 0 Å². The highest BCUT2D eigenvalue weighted by molar-refractivity contribution is 5.76. The number of nitrogens with one attached hydrogen (secondary N) is 1. The van der Waals surface area contributed by atoms with Crippen molar-refractivity contribution in [3.63, 3.8) is 0 Å². The zero-order chi connectivity index (χ0) is 13.4. The van der Waals surface area contributed by atoms with E-state index in [0.29, 0.717) is 31.5 Å². The van der Waals surface area contributed by atoms with E-state index in [0.717, 1.165) is 19.4 Å². The van der Waals surface area contributed by atoms with Gasteiger partial charge in [-0.05, 0) is 32.1 Å². The van der Waals surface area contributed by atoms with E-state index in [1.807, 2.05) is 6.92 Å². The van der Waals surface area contributed by atoms with Gasteiger partial charge in [-0.25, -0.2) is 0 Å². The second-order valence-electron chi connectivity index (χ2n) is 4.85. The maximum Gasteiger partial charge on any atom is 0.220 e. The lowest BCUT2D eigenvalue weighted by atomic mass is 9.80. The number of hydrogen-bond acceptors (Lipinski definition) is 4. The first-order chi connectivity index (χ1) is 8.69. The third kappa shape index (κ3) is 5.33. The second-order valence-corrected chi connectivity index (χ2v) is 4.85. The van der Waals surface area contributed by atoms with Gasteiger partial charge in [-0.3, -0.25) is 4.79 Å². The first-order valence-corrected chi connectivity index (χ1v) is 6.70. The molecule has 1 saturated carbocycles. The van der Waals surface area contributed by atoms with Crippen molar-refractivity contribution in [3.05, 3.63) is 0 Å². The molecule has 0 bridgehead atoms. The minimum Gasteiger partial charge on any atom is -0.396 e. The Labute approximate surface area is 109 Å². The lowest BCUT2D eigenvalue weighted by molar-refractivity contribution is -0.125. The fourth-order valence-electron chi connectivity index (χ4n) is 2.32. The molecule has 1 aliphatic rings. The highest BCUT2D eigenvalue weighted by atomic mass is 16.5. The zero-order valence-electron chi connectivity index (χ0n) is 11.4. The lowest BCUT2D eigenvalue weighted by Gasteiger charge is -2.34. The summed E-state index contributed by atoms with van der Waals surface area (Å²) < 4.78 is 10.5. The van der Waals surface area contributed by atoms with Crippen LogP contribution in [0.4, 0.5) is 0 Å². The molecule has 0 radical (unpaired) electrons. The van der Waals surface area contributed by atoms with Gasteiger partial charge >= 0.3 is 0 Å². The van der Waals surface area contributed by atoms with Crippen molar-refractivity contribution >= 4 is 5.91 Å². The average molecular weight is 259 g/mol. The van der Waals surface area contributed by atoms with Crippen LogP contribution in [0.5, 0.6) is 0 Å². The van der Waals surface area contributed by atoms with Gasteiger partial charge in [0.05, 0.1) is 18.8 Å². The van der Waals surface area contributed by atoms with Crippen molar-refractivity contribution in [1.82, 2.24) is 5.32 Å². The van der Waals surface area contributed by atoms with Gasteiger partial charge in [-0.1, -0.05) is 0 Å². The largest absolute Gasteiger partial charge is 0.396 e. The Morgan fingerprint density at radius 3 is 2.78 bits per heavy atom. The van der Waals surface area contributed by atoms with E-state index in [4.69, 9.17) is 14.6 Å². The number of amides is 1. The van der Waals surface area contributed by atoms with Crippen LogP contribution in [0, 0.1) is 5.92 Å². The Kier molecular flexibility index (Phi) is 7.23. The molecule has 106 valence electrons. The predicted octanol–water partition coefficient (Wildman–Crippen LogP) is 0.705. The van der Waals surface area contributed by atoms with Crippen LogP contribution in [-0.4, -0.2) is 50.1 Å². The van der Waals surface area contributed by atoms with Gasteiger partial charge in [-0.15, -0.1) is 0 Å². The zero-order valence-corrected chi connectivity index (χ0v) is 11.4. The van der Waals surface area contributed by atoms with Crippen LogP contribution in [0.2, 0.25) is 0 Å². The van der Waals surface area contributed by atoms with Gasteiger partial charge in [0, 0.05) is 26.7 Å². The summed E-state index contributed by atoms with van der Waals surface area (Å²) in [6.07, 6.45) is 3.40. The molecule has 0 spiro atoms. The molecule has 18 heavy (non-hydrogen) atoms. The summed E-state index contributed by atoms with van der Waals surface area (Å²) in [6.45, 7) is 3.24. The molecule has 1 atom stereocenters. The number of carbonyl (C=O) groups excluding carboxylic acids is 1. The summed E-state index contributed by atoms with van der Waals surface area (Å²) in [4.78, 5) is 11.8. The highest BCUT2D eigenvalue weighted by Gasteiger charge is 2.31. The van der Waals surface area contributed by atoms with Crippen LogP contribution in [-0.2, 0) is 14.3 Å². The Hall–Kier alpha value is -0.650. The Morgan fingerprint density at radius 2 is 2.22 bits per heavy atom. The summed E-state index contributed by atoms with van der Waals surface area (Å²) in [6, 6.07) is -0.0877. The second kappa shape index (κ2) is 8.45. The maximum absolute atomic E-state index is 11.8. The number of aliphatic hydroxyl groups is 1. The van der Waals surface area contributed by atoms with Crippen LogP contribution < -0.4 is 5.32 Å². The summed E-state index contributed by atoms with van der Waals surface area (Å²) in [5.74, 6) is 0.490. The molecule has 0 aromatic heterocycles. The summed E-state index contributed by atoms with van der Waals surface area (Å²) >= 11 is 0. The predicted molar refractivity (Wildman–Crippen MR) is 68.3 cm³/mol. The lowest BCUT2D eigenvalue weighted by Crippen LogP contribution is -2.41. The van der Waals surface area contributed by atoms with Crippen LogP contribution in [0.25, 0.3) is 0 Å². The topological polar surface area (TPSA) is 67.8 Å². The Bertz CT molecular complexity index is 235. The maximum atomic E-state index is 11.8. The molecule has 1 amide bonds. The molecular formula is C13H25NO4. The number of methoxy groups -OCH3 is 1. The van der Waals surface area contributed by atoms with Crippen molar-refractivity contribution in [2.45, 2.75) is 44.8 Å². The summed E-state index contributed by atoms with van der Waals surface area (Å²) in [5.41, 5.74) is 0. The standard InChI is InChI=1S/C13H25NO4/c1-3-18-12-6-10(7-12)8-13(16)14-11(4-5-15)9-17-2/h10-12,15H,3-9H2,1-2H3,(H,14,16). The van der Waals surface area contributed by atoms with Crippen molar-refractivity contribution in [2.24, 2.45) is 5.92 Å². The normalized spacial score (nSPS) is 24.4. The molecule has 1 aliphatic carbocycles. The molecule has 0 saturated heterocycles. The fraction of sp³-hybridized carbons (Fsp3) is 0.923. The number of rotatable bonds is 9. The first kappa shape index (κ1) is 15.4. The third-order valence-corrected chi connectivity index (χ3v) is 3.28. The van der Waals surface area contributed by atoms with Crippen LogP contribution >= 0.6 is 0 Å². The van der Waals surface area contributed by atoms with Crippen LogP contribution in [0.1, 0.15) is 32.6 Å². The monoisotopic (exact) mass is 259 g/mol. The molecule has 0 aromatic carbocycles. The number of ether oxygens (including phenoxy) is 2. The molecule has 1 unspecified atom stereocenters. The third-order valence-electron chi connectivity index (χ3n) is 3.28. The van der Waals surface area contributed by atoms with E-state index in [2.05, 4.69) is 5.32 Å². The Morgan fingerprint density at radius 1 is 1.50 bits per heavy atom. The van der Waals surface area contributed by atoms with E-state index in [1.165, 1.54) is 0 Å². The summed E-state index contributed by atoms with van der Waals surface area (Å²) in [7, 11) is 1.59. The van der Waals surface area contributed by atoms with Gasteiger partial charge < -0.3 is 19.9 Å². The molecule has 0 heterocycles. The molecular weight excluding hydrogens is 234 g/mol. The van der Waals surface area contributed by atoms with Gasteiger partial charge in [0.15, 0.2) is 0 Å². The fourth-order valence-corrected chi connectivity index (χ4v) is 2.32. The molecule has 2 N–H and O–H groups in total. The molecule has 1 fully saturated rings. The number of hydrogen-bond donors (Lipinski definition) is 2. The molecule has 0 aromatic rings. The van der Waals surface area contributed by atoms with Crippen molar-refractivity contribution in [3.8, 4) is 0 Å². The average Bonchev–Trinajstić information content (AvgIpc) is 2.27. The van der Waals surface area contributed by atoms with Gasteiger partial charge in [0.2, 0.25) is 5.91 Å². The molecule has 0 aliphatic heterocycles. The number of carbonyl (C=O) groups is 1. The van der Waals surface area contributed by atoms with E-state index >= 15 is 0 Å². The minimum atomic E-state index is -0.0877. The van der Waals surface area contributed by atoms with Crippen molar-refractivity contribution in [1.29, 1.82) is 0 Å². The summed E-state index contributed by atoms with van der Waals surface area (Å²) in [5, 5.41) is 11.8. The molecule has 5 heteroatoms. The number of aliphatic hydroxyl groups excluding tert-OH is 1. The van der Waals surface area contributed by atoms with Gasteiger partial charge in [-0.2, -0.15) is 0 Å². The molecule has 1 rings (SSSR count).